The summed E-state index contributed by atoms with van der Waals surface area (Å²) < 4.78 is 5.53. The minimum absolute atomic E-state index is 0. The summed E-state index contributed by atoms with van der Waals surface area (Å²) in [5, 5.41) is 2.48. The topological polar surface area (TPSA) is 93.4 Å². The van der Waals surface area contributed by atoms with Crippen LogP contribution in [-0.4, -0.2) is 124 Å². The average Bonchev–Trinajstić information content (AvgIpc) is 3.17. The van der Waals surface area contributed by atoms with Crippen molar-refractivity contribution in [3.8, 4) is 0 Å². The minimum Gasteiger partial charge on any atom is -0.368 e. The molecule has 0 N–H and O–H groups in total. The number of hydrogen-bond donors (Lipinski definition) is 0. The number of benzene rings is 2. The highest BCUT2D eigenvalue weighted by Gasteiger charge is 2.21. The maximum atomic E-state index is 11.5. The largest absolute Gasteiger partial charge is 0.368 e. The van der Waals surface area contributed by atoms with Crippen LogP contribution in [-0.2, 0) is 14.3 Å². The molecule has 0 aliphatic carbocycles. The lowest BCUT2D eigenvalue weighted by molar-refractivity contribution is -0.125. The first kappa shape index (κ1) is 43.6. The third-order valence-corrected chi connectivity index (χ3v) is 11.0. The highest BCUT2D eigenvalue weighted by molar-refractivity contribution is 6.44. The normalized spacial score (nSPS) is 20.4. The van der Waals surface area contributed by atoms with Gasteiger partial charge in [0.1, 0.15) is 0 Å². The van der Waals surface area contributed by atoms with Gasteiger partial charge >= 0.3 is 0 Å². The van der Waals surface area contributed by atoms with Crippen LogP contribution in [0.1, 0.15) is 39.5 Å². The van der Waals surface area contributed by atoms with Crippen molar-refractivity contribution in [2.45, 2.75) is 51.9 Å². The molecule has 2 unspecified atom stereocenters. The van der Waals surface area contributed by atoms with Crippen LogP contribution < -0.4 is 9.80 Å². The second kappa shape index (κ2) is 23.1. The highest BCUT2D eigenvalue weighted by Crippen LogP contribution is 2.34. The molecular formula is C40H51Cl4N7O3. The van der Waals surface area contributed by atoms with Crippen LogP contribution in [0.15, 0.2) is 75.7 Å². The van der Waals surface area contributed by atoms with Gasteiger partial charge in [0.2, 0.25) is 24.0 Å². The van der Waals surface area contributed by atoms with Gasteiger partial charge in [0.15, 0.2) is 0 Å². The van der Waals surface area contributed by atoms with Crippen molar-refractivity contribution in [1.29, 1.82) is 0 Å². The van der Waals surface area contributed by atoms with E-state index in [1.807, 2.05) is 42.6 Å². The first-order valence-electron chi connectivity index (χ1n) is 18.2. The van der Waals surface area contributed by atoms with E-state index >= 15 is 0 Å². The number of anilines is 2. The first-order valence-corrected chi connectivity index (χ1v) is 19.7. The predicted octanol–water partition coefficient (Wildman–Crippen LogP) is 7.98. The molecule has 2 saturated heterocycles. The zero-order valence-electron chi connectivity index (χ0n) is 29.8. The van der Waals surface area contributed by atoms with Gasteiger partial charge < -0.3 is 14.5 Å². The van der Waals surface area contributed by atoms with Crippen LogP contribution in [0.4, 0.5) is 11.4 Å². The van der Waals surface area contributed by atoms with Gasteiger partial charge in [0, 0.05) is 77.6 Å². The fourth-order valence-corrected chi connectivity index (χ4v) is 7.19. The number of nitrogens with zero attached hydrogens (tertiary/aromatic N) is 7. The number of carbonyl (C=O) groups is 2. The third kappa shape index (κ3) is 13.3. The van der Waals surface area contributed by atoms with Crippen LogP contribution in [0.3, 0.4) is 0 Å². The molecule has 2 atom stereocenters. The molecule has 14 heteroatoms. The van der Waals surface area contributed by atoms with Crippen LogP contribution in [0.5, 0.6) is 0 Å². The Morgan fingerprint density at radius 1 is 0.685 bits per heavy atom. The highest BCUT2D eigenvalue weighted by atomic mass is 35.5. The van der Waals surface area contributed by atoms with Gasteiger partial charge in [-0.15, -0.1) is 0 Å². The quantitative estimate of drug-likeness (QED) is 0.141. The standard InChI is InChI=1S/C20H24Cl2N4O.C19H23Cl2N3O2.CH4/c21-16-6-4-7-17(19(16)22)26-14-12-25(13-15-26)11-3-1-2-9-23-20-18(27)8-5-10-24-20;20-15-5-3-6-16(18(15)21)24-12-10-23(11-13-24)9-1-2-14-26-19-17(25)7-4-8-22-19;/h4-10,20H,1-3,11-15H2;3-8,19H,1-2,9-14H2;1H4. The summed E-state index contributed by atoms with van der Waals surface area (Å²) in [5.41, 5.74) is 2.04. The SMILES string of the molecule is C.O=C1C=CC=NC1N=CCCCCN1CCN(c2cccc(Cl)c2Cl)CC1.O=C1C=CC=NC1OCCCCN1CCN(c2cccc(Cl)c2Cl)CC1. The molecule has 0 aromatic heterocycles. The first-order chi connectivity index (χ1) is 25.8. The Bertz CT molecular complexity index is 1670. The van der Waals surface area contributed by atoms with Crippen LogP contribution in [0.25, 0.3) is 0 Å². The maximum Gasteiger partial charge on any atom is 0.211 e. The van der Waals surface area contributed by atoms with E-state index in [4.69, 9.17) is 51.1 Å². The lowest BCUT2D eigenvalue weighted by atomic mass is 10.2. The van der Waals surface area contributed by atoms with Crippen molar-refractivity contribution in [3.63, 3.8) is 0 Å². The number of rotatable bonds is 14. The molecule has 4 heterocycles. The summed E-state index contributed by atoms with van der Waals surface area (Å²) in [4.78, 5) is 44.9. The second-order valence-electron chi connectivity index (χ2n) is 13.1. The zero-order chi connectivity index (χ0) is 37.4. The molecule has 0 saturated carbocycles. The third-order valence-electron chi connectivity index (χ3n) is 9.38. The van der Waals surface area contributed by atoms with Crippen LogP contribution >= 0.6 is 46.4 Å². The van der Waals surface area contributed by atoms with E-state index < -0.39 is 12.4 Å². The van der Waals surface area contributed by atoms with Gasteiger partial charge in [-0.05, 0) is 93.8 Å². The van der Waals surface area contributed by atoms with E-state index in [-0.39, 0.29) is 19.0 Å². The molecule has 54 heavy (non-hydrogen) atoms. The van der Waals surface area contributed by atoms with Crippen LogP contribution in [0.2, 0.25) is 20.1 Å². The number of unbranched alkanes of at least 4 members (excludes halogenated alkanes) is 3. The second-order valence-corrected chi connectivity index (χ2v) is 14.6. The molecule has 0 spiro atoms. The smallest absolute Gasteiger partial charge is 0.211 e. The number of hydrogen-bond acceptors (Lipinski definition) is 10. The van der Waals surface area contributed by atoms with E-state index in [0.717, 1.165) is 109 Å². The molecule has 2 fully saturated rings. The molecule has 4 aliphatic heterocycles. The van der Waals surface area contributed by atoms with E-state index in [2.05, 4.69) is 34.6 Å². The Balaban J connectivity index is 0.000000236. The molecule has 0 amide bonds. The number of dihydropyridines is 2. The minimum atomic E-state index is -0.647. The van der Waals surface area contributed by atoms with Gasteiger partial charge in [-0.1, -0.05) is 66.0 Å². The van der Waals surface area contributed by atoms with Crippen LogP contribution in [0, 0.1) is 0 Å². The molecule has 4 aliphatic rings. The number of piperazine rings is 2. The lowest BCUT2D eigenvalue weighted by Gasteiger charge is -2.36. The van der Waals surface area contributed by atoms with Crippen molar-refractivity contribution in [2.75, 3.05) is 81.9 Å². The average molecular weight is 820 g/mol. The lowest BCUT2D eigenvalue weighted by Crippen LogP contribution is -2.46. The molecule has 10 nitrogen and oxygen atoms in total. The van der Waals surface area contributed by atoms with Crippen molar-refractivity contribution in [2.24, 2.45) is 15.0 Å². The summed E-state index contributed by atoms with van der Waals surface area (Å²) in [7, 11) is 0. The fraction of sp³-hybridized carbons (Fsp3) is 0.475. The van der Waals surface area contributed by atoms with E-state index in [0.29, 0.717) is 26.7 Å². The van der Waals surface area contributed by atoms with E-state index in [1.54, 1.807) is 24.6 Å². The summed E-state index contributed by atoms with van der Waals surface area (Å²) in [6, 6.07) is 11.6. The molecule has 292 valence electrons. The molecular weight excluding hydrogens is 768 g/mol. The fourth-order valence-electron chi connectivity index (χ4n) is 6.36. The number of ketones is 2. The molecule has 2 aromatic rings. The van der Waals surface area contributed by atoms with E-state index in [9.17, 15) is 9.59 Å². The molecule has 0 bridgehead atoms. The number of allylic oxidation sites excluding steroid dienone is 2. The summed E-state index contributed by atoms with van der Waals surface area (Å²) in [6.45, 7) is 10.5. The van der Waals surface area contributed by atoms with Crippen molar-refractivity contribution in [3.05, 3.63) is 80.8 Å². The Morgan fingerprint density at radius 3 is 1.74 bits per heavy atom. The maximum absolute atomic E-state index is 11.5. The summed E-state index contributed by atoms with van der Waals surface area (Å²) in [5.74, 6) is -0.130. The Hall–Kier alpha value is -3.09. The Kier molecular flexibility index (Phi) is 18.7. The zero-order valence-corrected chi connectivity index (χ0v) is 32.9. The molecule has 6 rings (SSSR count). The van der Waals surface area contributed by atoms with Gasteiger partial charge in [-0.3, -0.25) is 34.4 Å². The number of ether oxygens (including phenoxy) is 1. The van der Waals surface area contributed by atoms with Crippen molar-refractivity contribution in [1.82, 2.24) is 9.80 Å². The predicted molar refractivity (Wildman–Crippen MR) is 227 cm³/mol. The van der Waals surface area contributed by atoms with Gasteiger partial charge in [0.25, 0.3) is 0 Å². The Morgan fingerprint density at radius 2 is 1.20 bits per heavy atom. The Labute approximate surface area is 340 Å². The van der Waals surface area contributed by atoms with Gasteiger partial charge in [0.05, 0.1) is 31.5 Å². The number of carbonyl (C=O) groups excluding carboxylic acids is 2. The van der Waals surface area contributed by atoms with Crippen molar-refractivity contribution < 1.29 is 14.3 Å². The van der Waals surface area contributed by atoms with Crippen molar-refractivity contribution >= 4 is 88.0 Å². The molecule has 2 aromatic carbocycles. The summed E-state index contributed by atoms with van der Waals surface area (Å²) in [6.07, 6.45) is 15.2. The van der Waals surface area contributed by atoms with Gasteiger partial charge in [-0.25, -0.2) is 0 Å². The summed E-state index contributed by atoms with van der Waals surface area (Å²) >= 11 is 24.9. The molecule has 0 radical (unpaired) electrons. The monoisotopic (exact) mass is 817 g/mol. The van der Waals surface area contributed by atoms with Gasteiger partial charge in [-0.2, -0.15) is 0 Å². The number of aliphatic imine (C=N–C) groups is 3. The number of halogens is 4. The van der Waals surface area contributed by atoms with E-state index in [1.165, 1.54) is 12.2 Å².